The summed E-state index contributed by atoms with van der Waals surface area (Å²) in [6, 6.07) is 0. The predicted octanol–water partition coefficient (Wildman–Crippen LogP) is -2.87. The van der Waals surface area contributed by atoms with E-state index in [0.29, 0.717) is 12.8 Å². The van der Waals surface area contributed by atoms with Crippen molar-refractivity contribution in [2.75, 3.05) is 13.2 Å². The number of hydrogen-bond acceptors (Lipinski definition) is 8. The Morgan fingerprint density at radius 1 is 0.682 bits per heavy atom. The van der Waals surface area contributed by atoms with Gasteiger partial charge in [-0.25, -0.2) is 0 Å². The van der Waals surface area contributed by atoms with Gasteiger partial charge in [0.05, 0.1) is 13.2 Å². The first-order valence-corrected chi connectivity index (χ1v) is 6.54. The molecule has 0 rings (SSSR count). The van der Waals surface area contributed by atoms with Crippen LogP contribution in [0.4, 0.5) is 0 Å². The van der Waals surface area contributed by atoms with Crippen LogP contribution >= 0.6 is 0 Å². The minimum Gasteiger partial charge on any atom is -0.481 e. The summed E-state index contributed by atoms with van der Waals surface area (Å²) in [6.45, 7) is -1.45. The molecule has 0 aromatic carbocycles. The topological polar surface area (TPSA) is 196 Å². The molecule has 0 aliphatic carbocycles. The number of aliphatic carboxylic acids is 2. The van der Waals surface area contributed by atoms with E-state index >= 15 is 0 Å². The molecule has 10 heteroatoms. The number of carbonyl (C=O) groups is 2. The van der Waals surface area contributed by atoms with Gasteiger partial charge in [-0.2, -0.15) is 0 Å². The second kappa shape index (κ2) is 13.4. The number of aliphatic hydroxyl groups is 6. The summed E-state index contributed by atoms with van der Waals surface area (Å²) < 4.78 is 0. The Labute approximate surface area is 126 Å². The Bertz CT molecular complexity index is 278. The fraction of sp³-hybridized carbons (Fsp3) is 0.833. The average Bonchev–Trinajstić information content (AvgIpc) is 2.48. The van der Waals surface area contributed by atoms with E-state index in [1.54, 1.807) is 0 Å². The maximum atomic E-state index is 9.90. The average molecular weight is 328 g/mol. The zero-order valence-corrected chi connectivity index (χ0v) is 11.9. The molecule has 0 saturated carbocycles. The summed E-state index contributed by atoms with van der Waals surface area (Å²) in [5.74, 6) is -1.74. The van der Waals surface area contributed by atoms with Gasteiger partial charge in [-0.05, 0) is 12.8 Å². The van der Waals surface area contributed by atoms with Gasteiger partial charge >= 0.3 is 11.9 Å². The van der Waals surface area contributed by atoms with Gasteiger partial charge < -0.3 is 40.9 Å². The Morgan fingerprint density at radius 3 is 1.14 bits per heavy atom. The van der Waals surface area contributed by atoms with Gasteiger partial charge in [-0.1, -0.05) is 0 Å². The van der Waals surface area contributed by atoms with Gasteiger partial charge in [-0.15, -0.1) is 0 Å². The van der Waals surface area contributed by atoms with Crippen molar-refractivity contribution < 1.29 is 50.4 Å². The number of rotatable bonds is 10. The second-order valence-corrected chi connectivity index (χ2v) is 4.48. The normalized spacial score (nSPS) is 15.9. The monoisotopic (exact) mass is 328 g/mol. The number of hydrogen-bond donors (Lipinski definition) is 8. The van der Waals surface area contributed by atoms with Gasteiger partial charge in [-0.3, -0.25) is 9.59 Å². The Morgan fingerprint density at radius 2 is 0.955 bits per heavy atom. The van der Waals surface area contributed by atoms with Gasteiger partial charge in [0.25, 0.3) is 0 Å². The predicted molar refractivity (Wildman–Crippen MR) is 71.9 cm³/mol. The van der Waals surface area contributed by atoms with Gasteiger partial charge in [0, 0.05) is 12.8 Å². The highest BCUT2D eigenvalue weighted by Gasteiger charge is 2.29. The number of unbranched alkanes of at least 4 members (excludes halogenated alkanes) is 1. The van der Waals surface area contributed by atoms with E-state index in [-0.39, 0.29) is 12.8 Å². The zero-order valence-electron chi connectivity index (χ0n) is 11.9. The minimum absolute atomic E-state index is 0.0628. The van der Waals surface area contributed by atoms with E-state index in [9.17, 15) is 9.59 Å². The zero-order chi connectivity index (χ0) is 17.7. The third kappa shape index (κ3) is 12.4. The van der Waals surface area contributed by atoms with E-state index in [2.05, 4.69) is 0 Å². The van der Waals surface area contributed by atoms with Crippen LogP contribution in [-0.4, -0.2) is 90.4 Å². The van der Waals surface area contributed by atoms with Crippen molar-refractivity contribution >= 4 is 11.9 Å². The molecule has 0 unspecified atom stereocenters. The third-order valence-electron chi connectivity index (χ3n) is 2.54. The fourth-order valence-electron chi connectivity index (χ4n) is 1.22. The van der Waals surface area contributed by atoms with Crippen LogP contribution in [0.1, 0.15) is 25.7 Å². The summed E-state index contributed by atoms with van der Waals surface area (Å²) in [5, 5.41) is 68.4. The summed E-state index contributed by atoms with van der Waals surface area (Å²) >= 11 is 0. The highest BCUT2D eigenvalue weighted by molar-refractivity contribution is 5.67. The molecule has 8 N–H and O–H groups in total. The molecule has 10 nitrogen and oxygen atoms in total. The summed E-state index contributed by atoms with van der Waals surface area (Å²) in [4.78, 5) is 19.8. The van der Waals surface area contributed by atoms with Crippen molar-refractivity contribution in [1.82, 2.24) is 0 Å². The van der Waals surface area contributed by atoms with Crippen molar-refractivity contribution in [1.29, 1.82) is 0 Å². The molecular weight excluding hydrogens is 304 g/mol. The van der Waals surface area contributed by atoms with Crippen LogP contribution in [0.25, 0.3) is 0 Å². The minimum atomic E-state index is -1.67. The van der Waals surface area contributed by atoms with Crippen molar-refractivity contribution in [3.63, 3.8) is 0 Å². The molecule has 0 heterocycles. The third-order valence-corrected chi connectivity index (χ3v) is 2.54. The molecule has 0 aliphatic rings. The summed E-state index contributed by atoms with van der Waals surface area (Å²) in [7, 11) is 0. The maximum absolute atomic E-state index is 9.90. The lowest BCUT2D eigenvalue weighted by molar-refractivity contribution is -0.139. The van der Waals surface area contributed by atoms with Crippen LogP contribution < -0.4 is 0 Å². The van der Waals surface area contributed by atoms with E-state index in [1.807, 2.05) is 0 Å². The molecule has 4 atom stereocenters. The van der Waals surface area contributed by atoms with Gasteiger partial charge in [0.1, 0.15) is 24.4 Å². The molecule has 0 saturated heterocycles. The molecule has 0 aromatic rings. The molecule has 0 bridgehead atoms. The molecule has 0 aliphatic heterocycles. The summed E-state index contributed by atoms with van der Waals surface area (Å²) in [5.41, 5.74) is 0. The lowest BCUT2D eigenvalue weighted by Gasteiger charge is -2.24. The van der Waals surface area contributed by atoms with Crippen LogP contribution in [0.15, 0.2) is 0 Å². The van der Waals surface area contributed by atoms with Crippen LogP contribution in [-0.2, 0) is 9.59 Å². The lowest BCUT2D eigenvalue weighted by atomic mass is 10.0. The van der Waals surface area contributed by atoms with E-state index < -0.39 is 49.6 Å². The molecule has 0 aromatic heterocycles. The smallest absolute Gasteiger partial charge is 0.303 e. The first-order valence-electron chi connectivity index (χ1n) is 6.54. The first kappa shape index (κ1) is 23.0. The number of aliphatic hydroxyl groups excluding tert-OH is 6. The van der Waals surface area contributed by atoms with Crippen molar-refractivity contribution in [2.45, 2.75) is 50.1 Å². The molecule has 0 radical (unpaired) electrons. The van der Waals surface area contributed by atoms with Crippen LogP contribution in [0, 0.1) is 0 Å². The Hall–Kier alpha value is -1.30. The Balaban J connectivity index is 0. The highest BCUT2D eigenvalue weighted by atomic mass is 16.4. The van der Waals surface area contributed by atoms with E-state index in [1.165, 1.54) is 0 Å². The SMILES string of the molecule is O=C(O)CCCCC(=O)O.OC[C@@H](O)[C@@H](O)[C@H](O)[C@@H](O)CO. The lowest BCUT2D eigenvalue weighted by Crippen LogP contribution is -2.46. The molecule has 0 fully saturated rings. The number of carboxylic acid groups (broad SMARTS) is 2. The van der Waals surface area contributed by atoms with E-state index in [4.69, 9.17) is 40.9 Å². The molecule has 0 amide bonds. The number of carboxylic acids is 2. The summed E-state index contributed by atoms with van der Waals surface area (Å²) in [6.07, 6.45) is -5.37. The van der Waals surface area contributed by atoms with Crippen molar-refractivity contribution in [2.24, 2.45) is 0 Å². The first-order chi connectivity index (χ1) is 10.2. The molecular formula is C12H24O10. The molecule has 22 heavy (non-hydrogen) atoms. The van der Waals surface area contributed by atoms with E-state index in [0.717, 1.165) is 0 Å². The van der Waals surface area contributed by atoms with Crippen LogP contribution in [0.5, 0.6) is 0 Å². The Kier molecular flexibility index (Phi) is 14.0. The quantitative estimate of drug-likeness (QED) is 0.193. The fourth-order valence-corrected chi connectivity index (χ4v) is 1.22. The van der Waals surface area contributed by atoms with Crippen molar-refractivity contribution in [3.05, 3.63) is 0 Å². The maximum Gasteiger partial charge on any atom is 0.303 e. The molecule has 132 valence electrons. The van der Waals surface area contributed by atoms with Gasteiger partial charge in [0.2, 0.25) is 0 Å². The largest absolute Gasteiger partial charge is 0.481 e. The van der Waals surface area contributed by atoms with Crippen LogP contribution in [0.2, 0.25) is 0 Å². The molecule has 0 spiro atoms. The highest BCUT2D eigenvalue weighted by Crippen LogP contribution is 2.04. The van der Waals surface area contributed by atoms with Crippen LogP contribution in [0.3, 0.4) is 0 Å². The standard InChI is InChI=1S/C6H14O6.C6H10O4/c7-1-3(9)5(11)6(12)4(10)2-8;7-5(8)3-1-2-4-6(9)10/h3-12H,1-2H2;1-4H2,(H,7,8)(H,9,10)/t3-,4+,5-,6-;/m1./s1. The van der Waals surface area contributed by atoms with Crippen molar-refractivity contribution in [3.8, 4) is 0 Å². The van der Waals surface area contributed by atoms with Gasteiger partial charge in [0.15, 0.2) is 0 Å². The second-order valence-electron chi connectivity index (χ2n) is 4.48.